The molecule has 0 aromatic heterocycles. The van der Waals surface area contributed by atoms with Crippen LogP contribution in [0, 0.1) is 6.92 Å². The Hall–Kier alpha value is -4.46. The van der Waals surface area contributed by atoms with Gasteiger partial charge in [-0.05, 0) is 43.3 Å². The van der Waals surface area contributed by atoms with Gasteiger partial charge in [0.1, 0.15) is 0 Å². The summed E-state index contributed by atoms with van der Waals surface area (Å²) in [6.45, 7) is 1.86. The number of esters is 2. The van der Waals surface area contributed by atoms with Crippen molar-refractivity contribution in [3.63, 3.8) is 0 Å². The summed E-state index contributed by atoms with van der Waals surface area (Å²) < 4.78 is 10.3. The molecule has 0 aliphatic rings. The number of hydrogen-bond donors (Lipinski definition) is 2. The maximum absolute atomic E-state index is 13.0. The van der Waals surface area contributed by atoms with E-state index in [1.54, 1.807) is 60.7 Å². The SMILES string of the molecule is Cc1ccc(NC(=O)[C@H](OC(=O)c2ccccc2)[C@@H](OC(=O)c2ccccc2)C(=O)O)cc1. The average Bonchev–Trinajstić information content (AvgIpc) is 2.83. The van der Waals surface area contributed by atoms with E-state index in [1.807, 2.05) is 6.92 Å². The number of amides is 1. The van der Waals surface area contributed by atoms with Crippen LogP contribution >= 0.6 is 0 Å². The smallest absolute Gasteiger partial charge is 0.349 e. The van der Waals surface area contributed by atoms with Crippen molar-refractivity contribution in [2.45, 2.75) is 19.1 Å². The predicted octanol–water partition coefficient (Wildman–Crippen LogP) is 3.47. The number of benzene rings is 3. The lowest BCUT2D eigenvalue weighted by Gasteiger charge is -2.23. The Kier molecular flexibility index (Phi) is 7.54. The van der Waals surface area contributed by atoms with Gasteiger partial charge in [-0.3, -0.25) is 4.79 Å². The highest BCUT2D eigenvalue weighted by atomic mass is 16.6. The van der Waals surface area contributed by atoms with Gasteiger partial charge in [0.15, 0.2) is 0 Å². The average molecular weight is 447 g/mol. The highest BCUT2D eigenvalue weighted by Crippen LogP contribution is 2.16. The van der Waals surface area contributed by atoms with E-state index in [9.17, 15) is 24.3 Å². The molecule has 0 aliphatic carbocycles. The lowest BCUT2D eigenvalue weighted by atomic mass is 10.1. The van der Waals surface area contributed by atoms with Gasteiger partial charge >= 0.3 is 17.9 Å². The second-order valence-electron chi connectivity index (χ2n) is 7.08. The number of aliphatic carboxylic acids is 1. The van der Waals surface area contributed by atoms with E-state index in [4.69, 9.17) is 9.47 Å². The quantitative estimate of drug-likeness (QED) is 0.508. The molecule has 3 rings (SSSR count). The Morgan fingerprint density at radius 3 is 1.61 bits per heavy atom. The van der Waals surface area contributed by atoms with E-state index in [1.165, 1.54) is 24.3 Å². The number of carboxylic acid groups (broad SMARTS) is 1. The molecule has 168 valence electrons. The summed E-state index contributed by atoms with van der Waals surface area (Å²) in [4.78, 5) is 50.0. The van der Waals surface area contributed by atoms with Gasteiger partial charge in [-0.1, -0.05) is 54.1 Å². The summed E-state index contributed by atoms with van der Waals surface area (Å²) in [5, 5.41) is 12.2. The molecular weight excluding hydrogens is 426 g/mol. The zero-order chi connectivity index (χ0) is 23.8. The van der Waals surface area contributed by atoms with Gasteiger partial charge in [0.2, 0.25) is 12.2 Å². The zero-order valence-electron chi connectivity index (χ0n) is 17.6. The number of nitrogens with one attached hydrogen (secondary N) is 1. The maximum Gasteiger partial charge on any atom is 0.349 e. The van der Waals surface area contributed by atoms with Crippen molar-refractivity contribution in [3.8, 4) is 0 Å². The molecule has 0 aliphatic heterocycles. The zero-order valence-corrected chi connectivity index (χ0v) is 17.6. The van der Waals surface area contributed by atoms with E-state index < -0.39 is 36.0 Å². The molecule has 8 heteroatoms. The first kappa shape index (κ1) is 23.2. The Balaban J connectivity index is 1.89. The highest BCUT2D eigenvalue weighted by Gasteiger charge is 2.41. The standard InChI is InChI=1S/C25H21NO7/c1-16-12-14-19(15-13-16)26-22(27)20(32-24(30)17-8-4-2-5-9-17)21(23(28)29)33-25(31)18-10-6-3-7-11-18/h2-15,20-21H,1H3,(H,26,27)(H,28,29)/t20-,21-/m1/s1. The number of carbonyl (C=O) groups is 4. The van der Waals surface area contributed by atoms with Crippen molar-refractivity contribution >= 4 is 29.5 Å². The van der Waals surface area contributed by atoms with Crippen molar-refractivity contribution in [1.29, 1.82) is 0 Å². The molecule has 0 saturated carbocycles. The van der Waals surface area contributed by atoms with Crippen LogP contribution in [0.1, 0.15) is 26.3 Å². The summed E-state index contributed by atoms with van der Waals surface area (Å²) in [7, 11) is 0. The van der Waals surface area contributed by atoms with Gasteiger partial charge in [0.05, 0.1) is 11.1 Å². The van der Waals surface area contributed by atoms with E-state index in [2.05, 4.69) is 5.32 Å². The number of anilines is 1. The maximum atomic E-state index is 13.0. The third-order valence-electron chi connectivity index (χ3n) is 4.58. The summed E-state index contributed by atoms with van der Waals surface area (Å²) in [6.07, 6.45) is -4.04. The van der Waals surface area contributed by atoms with Crippen molar-refractivity contribution in [2.24, 2.45) is 0 Å². The molecule has 2 N–H and O–H groups in total. The molecule has 3 aromatic rings. The van der Waals surface area contributed by atoms with Gasteiger partial charge in [-0.25, -0.2) is 14.4 Å². The Labute approximate surface area is 189 Å². The van der Waals surface area contributed by atoms with Crippen LogP contribution in [0.4, 0.5) is 5.69 Å². The number of aryl methyl sites for hydroxylation is 1. The van der Waals surface area contributed by atoms with Crippen LogP contribution in [0.25, 0.3) is 0 Å². The third-order valence-corrected chi connectivity index (χ3v) is 4.58. The molecule has 0 spiro atoms. The number of carbonyl (C=O) groups excluding carboxylic acids is 3. The lowest BCUT2D eigenvalue weighted by molar-refractivity contribution is -0.157. The number of rotatable bonds is 8. The van der Waals surface area contributed by atoms with Crippen molar-refractivity contribution in [2.75, 3.05) is 5.32 Å². The second kappa shape index (κ2) is 10.7. The van der Waals surface area contributed by atoms with Crippen molar-refractivity contribution < 1.29 is 33.8 Å². The number of hydrogen-bond acceptors (Lipinski definition) is 6. The monoisotopic (exact) mass is 447 g/mol. The topological polar surface area (TPSA) is 119 Å². The first-order valence-electron chi connectivity index (χ1n) is 9.97. The minimum Gasteiger partial charge on any atom is -0.478 e. The molecule has 1 amide bonds. The first-order valence-corrected chi connectivity index (χ1v) is 9.97. The molecule has 3 aromatic carbocycles. The van der Waals surface area contributed by atoms with Gasteiger partial charge in [-0.2, -0.15) is 0 Å². The molecule has 0 heterocycles. The van der Waals surface area contributed by atoms with Crippen molar-refractivity contribution in [3.05, 3.63) is 102 Å². The van der Waals surface area contributed by atoms with E-state index >= 15 is 0 Å². The third kappa shape index (κ3) is 6.27. The van der Waals surface area contributed by atoms with Gasteiger partial charge in [-0.15, -0.1) is 0 Å². The van der Waals surface area contributed by atoms with Crippen LogP contribution in [0.5, 0.6) is 0 Å². The molecule has 2 atom stereocenters. The van der Waals surface area contributed by atoms with Gasteiger partial charge in [0.25, 0.3) is 5.91 Å². The van der Waals surface area contributed by atoms with Gasteiger partial charge < -0.3 is 19.9 Å². The van der Waals surface area contributed by atoms with Crippen LogP contribution in [-0.2, 0) is 19.1 Å². The van der Waals surface area contributed by atoms with Crippen LogP contribution in [0.3, 0.4) is 0 Å². The number of carboxylic acids is 1. The summed E-state index contributed by atoms with van der Waals surface area (Å²) >= 11 is 0. The van der Waals surface area contributed by atoms with E-state index in [-0.39, 0.29) is 11.1 Å². The molecule has 0 bridgehead atoms. The van der Waals surface area contributed by atoms with E-state index in [0.29, 0.717) is 5.69 Å². The first-order chi connectivity index (χ1) is 15.8. The molecule has 0 radical (unpaired) electrons. The molecule has 0 unspecified atom stereocenters. The second-order valence-corrected chi connectivity index (χ2v) is 7.08. The van der Waals surface area contributed by atoms with Crippen LogP contribution in [-0.4, -0.2) is 41.1 Å². The summed E-state index contributed by atoms with van der Waals surface area (Å²) in [6, 6.07) is 22.1. The normalized spacial score (nSPS) is 12.2. The fourth-order valence-corrected chi connectivity index (χ4v) is 2.86. The minimum atomic E-state index is -2.09. The highest BCUT2D eigenvalue weighted by molar-refractivity contribution is 6.01. The molecule has 8 nitrogen and oxygen atoms in total. The summed E-state index contributed by atoms with van der Waals surface area (Å²) in [5.74, 6) is -4.53. The largest absolute Gasteiger partial charge is 0.478 e. The van der Waals surface area contributed by atoms with Gasteiger partial charge in [0, 0.05) is 5.69 Å². The Bertz CT molecular complexity index is 1130. The van der Waals surface area contributed by atoms with E-state index in [0.717, 1.165) is 5.56 Å². The van der Waals surface area contributed by atoms with Crippen LogP contribution in [0.15, 0.2) is 84.9 Å². The summed E-state index contributed by atoms with van der Waals surface area (Å²) in [5.41, 5.74) is 1.48. The minimum absolute atomic E-state index is 0.0795. The molecular formula is C25H21NO7. The predicted molar refractivity (Wildman–Crippen MR) is 119 cm³/mol. The molecule has 0 saturated heterocycles. The fraction of sp³-hybridized carbons (Fsp3) is 0.120. The number of ether oxygens (including phenoxy) is 2. The van der Waals surface area contributed by atoms with Crippen LogP contribution < -0.4 is 5.32 Å². The van der Waals surface area contributed by atoms with Crippen molar-refractivity contribution in [1.82, 2.24) is 0 Å². The van der Waals surface area contributed by atoms with Crippen LogP contribution in [0.2, 0.25) is 0 Å². The molecule has 33 heavy (non-hydrogen) atoms. The lowest BCUT2D eigenvalue weighted by Crippen LogP contribution is -2.48. The Morgan fingerprint density at radius 1 is 0.697 bits per heavy atom. The molecule has 0 fully saturated rings. The fourth-order valence-electron chi connectivity index (χ4n) is 2.86. The Morgan fingerprint density at radius 2 is 1.15 bits per heavy atom.